The summed E-state index contributed by atoms with van der Waals surface area (Å²) in [5.41, 5.74) is 7.42. The van der Waals surface area contributed by atoms with Crippen molar-refractivity contribution in [1.29, 1.82) is 0 Å². The highest BCUT2D eigenvalue weighted by Crippen LogP contribution is 2.11. The summed E-state index contributed by atoms with van der Waals surface area (Å²) in [7, 11) is 0. The first-order valence-electron chi connectivity index (χ1n) is 8.43. The topological polar surface area (TPSA) is 104 Å². The van der Waals surface area contributed by atoms with Crippen molar-refractivity contribution < 1.29 is 18.6 Å². The maximum absolute atomic E-state index is 11.4. The fraction of sp³-hybridized carbons (Fsp3) is 0.444. The number of carbonyl (C=O) groups is 1. The minimum atomic E-state index is -0.296. The average molecular weight is 401 g/mol. The molecule has 2 N–H and O–H groups in total. The SMILES string of the molecule is C/C=C/F.C=C(/C=C(/Cl)CC)N=C(N)Cc1nonc1CCC(=O)OCC. The first-order valence-corrected chi connectivity index (χ1v) is 8.80. The number of hydrogen-bond donors (Lipinski definition) is 1. The van der Waals surface area contributed by atoms with Crippen LogP contribution in [0.3, 0.4) is 0 Å². The Morgan fingerprint density at radius 2 is 2.04 bits per heavy atom. The van der Waals surface area contributed by atoms with Crippen LogP contribution in [-0.2, 0) is 22.4 Å². The van der Waals surface area contributed by atoms with E-state index in [1.807, 2.05) is 6.92 Å². The summed E-state index contributed by atoms with van der Waals surface area (Å²) in [4.78, 5) is 15.5. The van der Waals surface area contributed by atoms with Gasteiger partial charge < -0.3 is 10.5 Å². The number of allylic oxidation sites excluding steroid dienone is 3. The molecule has 0 aliphatic carbocycles. The monoisotopic (exact) mass is 400 g/mol. The van der Waals surface area contributed by atoms with E-state index in [2.05, 4.69) is 21.9 Å². The zero-order valence-corrected chi connectivity index (χ0v) is 16.6. The van der Waals surface area contributed by atoms with E-state index in [9.17, 15) is 9.18 Å². The number of nitrogens with zero attached hydrogens (tertiary/aromatic N) is 3. The molecule has 0 unspecified atom stereocenters. The van der Waals surface area contributed by atoms with Crippen LogP contribution in [0.1, 0.15) is 45.0 Å². The van der Waals surface area contributed by atoms with Crippen LogP contribution in [0.2, 0.25) is 0 Å². The highest BCUT2D eigenvalue weighted by atomic mass is 35.5. The lowest BCUT2D eigenvalue weighted by Crippen LogP contribution is -2.16. The number of nitrogens with two attached hydrogens (primary N) is 1. The van der Waals surface area contributed by atoms with Crippen LogP contribution in [0, 0.1) is 0 Å². The van der Waals surface area contributed by atoms with Crippen LogP contribution in [0.25, 0.3) is 0 Å². The standard InChI is InChI=1S/C15H21ClN4O3.C3H5F/c1-4-11(16)8-10(3)18-14(17)9-13-12(19-23-20-13)6-7-15(21)22-5-2;1-2-3-4/h8H,3-7,9H2,1-2H3,(H2,17,18);2-3H,1H3/b11-8+;3-2+. The van der Waals surface area contributed by atoms with Gasteiger partial charge >= 0.3 is 5.97 Å². The van der Waals surface area contributed by atoms with E-state index < -0.39 is 0 Å². The van der Waals surface area contributed by atoms with Crippen LogP contribution in [0.5, 0.6) is 0 Å². The number of aryl methyl sites for hydroxylation is 1. The minimum Gasteiger partial charge on any atom is -0.466 e. The van der Waals surface area contributed by atoms with Gasteiger partial charge in [0.25, 0.3) is 0 Å². The number of aromatic nitrogens is 2. The summed E-state index contributed by atoms with van der Waals surface area (Å²) in [6.45, 7) is 9.42. The molecule has 0 bridgehead atoms. The molecule has 1 aromatic rings. The van der Waals surface area contributed by atoms with Crippen molar-refractivity contribution in [1.82, 2.24) is 10.3 Å². The van der Waals surface area contributed by atoms with Crippen LogP contribution in [0.15, 0.2) is 45.4 Å². The van der Waals surface area contributed by atoms with Crippen molar-refractivity contribution in [2.24, 2.45) is 10.7 Å². The Kier molecular flexibility index (Phi) is 13.3. The van der Waals surface area contributed by atoms with Gasteiger partial charge in [0.15, 0.2) is 0 Å². The van der Waals surface area contributed by atoms with Gasteiger partial charge in [-0.15, -0.1) is 0 Å². The molecule has 0 aliphatic rings. The van der Waals surface area contributed by atoms with Gasteiger partial charge in [-0.1, -0.05) is 41.5 Å². The molecule has 0 aromatic carbocycles. The van der Waals surface area contributed by atoms with Crippen LogP contribution in [-0.4, -0.2) is 28.7 Å². The minimum absolute atomic E-state index is 0.202. The zero-order chi connectivity index (χ0) is 20.7. The number of ether oxygens (including phenoxy) is 1. The third-order valence-electron chi connectivity index (χ3n) is 2.93. The summed E-state index contributed by atoms with van der Waals surface area (Å²) in [5, 5.41) is 8.22. The van der Waals surface area contributed by atoms with Crippen molar-refractivity contribution in [2.45, 2.75) is 46.5 Å². The van der Waals surface area contributed by atoms with Crippen LogP contribution in [0.4, 0.5) is 4.39 Å². The molecular weight excluding hydrogens is 375 g/mol. The Morgan fingerprint density at radius 1 is 1.41 bits per heavy atom. The molecule has 0 amide bonds. The normalized spacial score (nSPS) is 11.9. The summed E-state index contributed by atoms with van der Waals surface area (Å²) in [5.74, 6) is 0.00992. The fourth-order valence-electron chi connectivity index (χ4n) is 1.71. The smallest absolute Gasteiger partial charge is 0.306 e. The third kappa shape index (κ3) is 11.7. The molecule has 150 valence electrons. The average Bonchev–Trinajstić information content (AvgIpc) is 3.06. The molecule has 0 saturated carbocycles. The molecule has 9 heteroatoms. The van der Waals surface area contributed by atoms with E-state index in [1.165, 1.54) is 6.08 Å². The van der Waals surface area contributed by atoms with Crippen molar-refractivity contribution in [2.75, 3.05) is 6.61 Å². The van der Waals surface area contributed by atoms with E-state index in [0.29, 0.717) is 53.7 Å². The molecule has 7 nitrogen and oxygen atoms in total. The van der Waals surface area contributed by atoms with Gasteiger partial charge in [0.05, 0.1) is 31.5 Å². The van der Waals surface area contributed by atoms with E-state index >= 15 is 0 Å². The van der Waals surface area contributed by atoms with E-state index in [4.69, 9.17) is 26.7 Å². The fourth-order valence-corrected chi connectivity index (χ4v) is 1.84. The Balaban J connectivity index is 0.00000153. The molecule has 27 heavy (non-hydrogen) atoms. The summed E-state index contributed by atoms with van der Waals surface area (Å²) in [6, 6.07) is 0. The van der Waals surface area contributed by atoms with Gasteiger partial charge in [-0.25, -0.2) is 14.0 Å². The van der Waals surface area contributed by atoms with Gasteiger partial charge in [0, 0.05) is 11.5 Å². The van der Waals surface area contributed by atoms with E-state index in [-0.39, 0.29) is 18.8 Å². The molecule has 1 aromatic heterocycles. The van der Waals surface area contributed by atoms with Crippen LogP contribution < -0.4 is 5.73 Å². The van der Waals surface area contributed by atoms with Gasteiger partial charge in [0.2, 0.25) is 0 Å². The lowest BCUT2D eigenvalue weighted by Gasteiger charge is -2.02. The molecule has 0 saturated heterocycles. The number of amidine groups is 1. The maximum atomic E-state index is 11.4. The second-order valence-corrected chi connectivity index (χ2v) is 5.62. The predicted octanol–water partition coefficient (Wildman–Crippen LogP) is 4.00. The molecule has 1 heterocycles. The second kappa shape index (κ2) is 14.7. The largest absolute Gasteiger partial charge is 0.466 e. The molecule has 0 fully saturated rings. The number of carbonyl (C=O) groups excluding carboxylic acids is 1. The Labute approximate surface area is 163 Å². The van der Waals surface area contributed by atoms with Gasteiger partial charge in [-0.05, 0) is 26.3 Å². The third-order valence-corrected chi connectivity index (χ3v) is 3.31. The molecule has 0 spiro atoms. The molecule has 0 atom stereocenters. The summed E-state index contributed by atoms with van der Waals surface area (Å²) < 4.78 is 20.1. The van der Waals surface area contributed by atoms with Gasteiger partial charge in [-0.3, -0.25) is 4.79 Å². The number of hydrogen-bond acceptors (Lipinski definition) is 6. The van der Waals surface area contributed by atoms with E-state index in [1.54, 1.807) is 19.9 Å². The summed E-state index contributed by atoms with van der Waals surface area (Å²) >= 11 is 5.92. The maximum Gasteiger partial charge on any atom is 0.306 e. The molecule has 0 aliphatic heterocycles. The lowest BCUT2D eigenvalue weighted by molar-refractivity contribution is -0.143. The highest BCUT2D eigenvalue weighted by Gasteiger charge is 2.14. The van der Waals surface area contributed by atoms with E-state index in [0.717, 1.165) is 0 Å². The second-order valence-electron chi connectivity index (χ2n) is 5.14. The lowest BCUT2D eigenvalue weighted by atomic mass is 10.1. The number of rotatable bonds is 9. The Morgan fingerprint density at radius 3 is 2.59 bits per heavy atom. The van der Waals surface area contributed by atoms with Crippen molar-refractivity contribution >= 4 is 23.4 Å². The van der Waals surface area contributed by atoms with Crippen molar-refractivity contribution in [3.8, 4) is 0 Å². The predicted molar refractivity (Wildman–Crippen MR) is 104 cm³/mol. The highest BCUT2D eigenvalue weighted by molar-refractivity contribution is 6.29. The van der Waals surface area contributed by atoms with Gasteiger partial charge in [0.1, 0.15) is 17.2 Å². The Hall–Kier alpha value is -2.48. The summed E-state index contributed by atoms with van der Waals surface area (Å²) in [6.07, 6.45) is 5.00. The molecule has 1 rings (SSSR count). The van der Waals surface area contributed by atoms with Crippen molar-refractivity contribution in [3.63, 3.8) is 0 Å². The quantitative estimate of drug-likeness (QED) is 0.291. The first kappa shape index (κ1) is 24.5. The van der Waals surface area contributed by atoms with Crippen molar-refractivity contribution in [3.05, 3.63) is 47.2 Å². The molecule has 0 radical (unpaired) electrons. The number of halogens is 2. The number of aliphatic imine (C=N–C) groups is 1. The van der Waals surface area contributed by atoms with Gasteiger partial charge in [-0.2, -0.15) is 0 Å². The molecular formula is C18H26ClFN4O3. The zero-order valence-electron chi connectivity index (χ0n) is 15.9. The Bertz CT molecular complexity index is 680. The number of esters is 1. The van der Waals surface area contributed by atoms with Crippen LogP contribution >= 0.6 is 11.6 Å². The first-order chi connectivity index (χ1) is 12.9.